The van der Waals surface area contributed by atoms with Crippen molar-refractivity contribution in [3.8, 4) is 0 Å². The summed E-state index contributed by atoms with van der Waals surface area (Å²) in [7, 11) is -3.32. The van der Waals surface area contributed by atoms with Crippen molar-refractivity contribution in [1.82, 2.24) is 0 Å². The molecular weight excluding hydrogens is 297 g/mol. The molecule has 3 nitrogen and oxygen atoms in total. The van der Waals surface area contributed by atoms with Crippen molar-refractivity contribution in [2.75, 3.05) is 4.72 Å². The summed E-state index contributed by atoms with van der Waals surface area (Å²) in [5.41, 5.74) is 1.00. The van der Waals surface area contributed by atoms with E-state index in [0.717, 1.165) is 0 Å². The van der Waals surface area contributed by atoms with Gasteiger partial charge >= 0.3 is 0 Å². The molecule has 1 fully saturated rings. The average Bonchev–Trinajstić information content (AvgIpc) is 2.96. The summed E-state index contributed by atoms with van der Waals surface area (Å²) in [6, 6.07) is 2.75. The fourth-order valence-corrected chi connectivity index (χ4v) is 3.28. The van der Waals surface area contributed by atoms with Crippen LogP contribution >= 0.6 is 15.9 Å². The van der Waals surface area contributed by atoms with Gasteiger partial charge in [-0.15, -0.1) is 0 Å². The Kier molecular flexibility index (Phi) is 2.96. The molecule has 1 aliphatic rings. The normalized spacial score (nSPS) is 16.2. The van der Waals surface area contributed by atoms with Crippen LogP contribution in [0, 0.1) is 12.7 Å². The molecule has 0 aromatic heterocycles. The van der Waals surface area contributed by atoms with E-state index in [4.69, 9.17) is 0 Å². The zero-order valence-electron chi connectivity index (χ0n) is 8.63. The summed E-state index contributed by atoms with van der Waals surface area (Å²) in [6.45, 7) is 1.73. The minimum Gasteiger partial charge on any atom is -0.283 e. The van der Waals surface area contributed by atoms with E-state index >= 15 is 0 Å². The molecule has 1 aromatic carbocycles. The number of hydrogen-bond acceptors (Lipinski definition) is 2. The first-order valence-corrected chi connectivity index (χ1v) is 7.21. The minimum atomic E-state index is -3.32. The molecule has 0 unspecified atom stereocenters. The second-order valence-corrected chi connectivity index (χ2v) is 6.74. The number of nitrogens with one attached hydrogen (secondary N) is 1. The number of benzene rings is 1. The summed E-state index contributed by atoms with van der Waals surface area (Å²) >= 11 is 3.05. The first kappa shape index (κ1) is 11.9. The Hall–Kier alpha value is -0.620. The van der Waals surface area contributed by atoms with Crippen molar-refractivity contribution >= 4 is 31.6 Å². The zero-order valence-corrected chi connectivity index (χ0v) is 11.0. The minimum absolute atomic E-state index is 0.307. The number of sulfonamides is 1. The lowest BCUT2D eigenvalue weighted by Crippen LogP contribution is -2.18. The SMILES string of the molecule is Cc1cc(Br)c(F)cc1NS(=O)(=O)C1CC1. The van der Waals surface area contributed by atoms with Gasteiger partial charge < -0.3 is 0 Å². The van der Waals surface area contributed by atoms with Crippen molar-refractivity contribution in [3.63, 3.8) is 0 Å². The molecule has 0 atom stereocenters. The van der Waals surface area contributed by atoms with E-state index in [-0.39, 0.29) is 5.25 Å². The van der Waals surface area contributed by atoms with E-state index < -0.39 is 15.8 Å². The quantitative estimate of drug-likeness (QED) is 0.933. The zero-order chi connectivity index (χ0) is 11.9. The number of hydrogen-bond donors (Lipinski definition) is 1. The lowest BCUT2D eigenvalue weighted by atomic mass is 10.2. The van der Waals surface area contributed by atoms with Gasteiger partial charge in [0.15, 0.2) is 0 Å². The molecule has 0 aliphatic heterocycles. The van der Waals surface area contributed by atoms with Crippen molar-refractivity contribution in [2.24, 2.45) is 0 Å². The third kappa shape index (κ3) is 2.38. The predicted molar refractivity (Wildman–Crippen MR) is 64.4 cm³/mol. The van der Waals surface area contributed by atoms with Gasteiger partial charge in [-0.1, -0.05) is 0 Å². The fourth-order valence-electron chi connectivity index (χ4n) is 1.37. The van der Waals surface area contributed by atoms with Gasteiger partial charge in [-0.3, -0.25) is 4.72 Å². The molecule has 0 spiro atoms. The third-order valence-electron chi connectivity index (χ3n) is 2.48. The Morgan fingerprint density at radius 2 is 2.06 bits per heavy atom. The monoisotopic (exact) mass is 307 g/mol. The summed E-state index contributed by atoms with van der Waals surface area (Å²) in [5, 5.41) is -0.307. The van der Waals surface area contributed by atoms with Crippen molar-refractivity contribution < 1.29 is 12.8 Å². The predicted octanol–water partition coefficient (Wildman–Crippen LogP) is 2.80. The smallest absolute Gasteiger partial charge is 0.235 e. The molecule has 1 aromatic rings. The van der Waals surface area contributed by atoms with Crippen LogP contribution in [0.1, 0.15) is 18.4 Å². The van der Waals surface area contributed by atoms with E-state index in [1.54, 1.807) is 13.0 Å². The van der Waals surface area contributed by atoms with Gasteiger partial charge in [0, 0.05) is 0 Å². The van der Waals surface area contributed by atoms with Crippen LogP contribution in [0.15, 0.2) is 16.6 Å². The Balaban J connectivity index is 2.31. The fraction of sp³-hybridized carbons (Fsp3) is 0.400. The maximum atomic E-state index is 13.3. The summed E-state index contributed by atoms with van der Waals surface area (Å²) in [5.74, 6) is -0.473. The van der Waals surface area contributed by atoms with Crippen LogP contribution in [0.5, 0.6) is 0 Å². The average molecular weight is 308 g/mol. The molecule has 1 aliphatic carbocycles. The van der Waals surface area contributed by atoms with E-state index in [1.165, 1.54) is 6.07 Å². The van der Waals surface area contributed by atoms with Crippen LogP contribution in [0.25, 0.3) is 0 Å². The van der Waals surface area contributed by atoms with Gasteiger partial charge in [0.25, 0.3) is 0 Å². The highest BCUT2D eigenvalue weighted by Gasteiger charge is 2.35. The molecule has 6 heteroatoms. The van der Waals surface area contributed by atoms with Gasteiger partial charge in [-0.2, -0.15) is 0 Å². The van der Waals surface area contributed by atoms with Crippen LogP contribution in [0.3, 0.4) is 0 Å². The Bertz CT molecular complexity index is 526. The largest absolute Gasteiger partial charge is 0.283 e. The Morgan fingerprint density at radius 3 is 2.62 bits per heavy atom. The van der Waals surface area contributed by atoms with E-state index in [1.807, 2.05) is 0 Å². The van der Waals surface area contributed by atoms with E-state index in [9.17, 15) is 12.8 Å². The summed E-state index contributed by atoms with van der Waals surface area (Å²) < 4.78 is 39.4. The molecule has 0 heterocycles. The second-order valence-electron chi connectivity index (χ2n) is 3.93. The van der Waals surface area contributed by atoms with Crippen molar-refractivity contribution in [2.45, 2.75) is 25.0 Å². The molecular formula is C10H11BrFNO2S. The number of halogens is 2. The highest BCUT2D eigenvalue weighted by atomic mass is 79.9. The topological polar surface area (TPSA) is 46.2 Å². The van der Waals surface area contributed by atoms with Gasteiger partial charge in [-0.25, -0.2) is 12.8 Å². The van der Waals surface area contributed by atoms with E-state index in [2.05, 4.69) is 20.7 Å². The van der Waals surface area contributed by atoms with Crippen LogP contribution in [-0.4, -0.2) is 13.7 Å². The Labute approximate surface area is 102 Å². The van der Waals surface area contributed by atoms with Gasteiger partial charge in [-0.05, 0) is 53.4 Å². The molecule has 0 amide bonds. The van der Waals surface area contributed by atoms with E-state index in [0.29, 0.717) is 28.6 Å². The lowest BCUT2D eigenvalue weighted by Gasteiger charge is -2.10. The molecule has 16 heavy (non-hydrogen) atoms. The third-order valence-corrected chi connectivity index (χ3v) is 4.94. The van der Waals surface area contributed by atoms with Crippen molar-refractivity contribution in [3.05, 3.63) is 28.0 Å². The summed E-state index contributed by atoms with van der Waals surface area (Å²) in [6.07, 6.45) is 1.38. The standard InChI is InChI=1S/C10H11BrFNO2S/c1-6-4-8(11)9(12)5-10(6)13-16(14,15)7-2-3-7/h4-5,7,13H,2-3H2,1H3. The Morgan fingerprint density at radius 1 is 1.44 bits per heavy atom. The number of anilines is 1. The lowest BCUT2D eigenvalue weighted by molar-refractivity contribution is 0.599. The second kappa shape index (κ2) is 4.00. The highest BCUT2D eigenvalue weighted by Crippen LogP contribution is 2.31. The first-order valence-electron chi connectivity index (χ1n) is 4.87. The van der Waals surface area contributed by atoms with Crippen molar-refractivity contribution in [1.29, 1.82) is 0 Å². The molecule has 0 saturated heterocycles. The molecule has 1 saturated carbocycles. The maximum Gasteiger partial charge on any atom is 0.235 e. The molecule has 0 bridgehead atoms. The highest BCUT2D eigenvalue weighted by molar-refractivity contribution is 9.10. The summed E-state index contributed by atoms with van der Waals surface area (Å²) in [4.78, 5) is 0. The van der Waals surface area contributed by atoms with Gasteiger partial charge in [0.1, 0.15) is 5.82 Å². The molecule has 0 radical (unpaired) electrons. The van der Waals surface area contributed by atoms with Crippen LogP contribution in [0.4, 0.5) is 10.1 Å². The number of aryl methyl sites for hydroxylation is 1. The first-order chi connectivity index (χ1) is 7.40. The number of rotatable bonds is 3. The van der Waals surface area contributed by atoms with Crippen LogP contribution in [-0.2, 0) is 10.0 Å². The molecule has 88 valence electrons. The maximum absolute atomic E-state index is 13.3. The molecule has 1 N–H and O–H groups in total. The van der Waals surface area contributed by atoms with Gasteiger partial charge in [0.05, 0.1) is 15.4 Å². The van der Waals surface area contributed by atoms with Gasteiger partial charge in [0.2, 0.25) is 10.0 Å². The molecule has 2 rings (SSSR count). The van der Waals surface area contributed by atoms with Crippen LogP contribution < -0.4 is 4.72 Å². The van der Waals surface area contributed by atoms with Crippen LogP contribution in [0.2, 0.25) is 0 Å².